The number of aliphatic carboxylic acids is 1. The van der Waals surface area contributed by atoms with Gasteiger partial charge in [0.25, 0.3) is 0 Å². The van der Waals surface area contributed by atoms with Crippen molar-refractivity contribution in [2.75, 3.05) is 13.2 Å². The first-order valence-corrected chi connectivity index (χ1v) is 5.72. The number of hydrogen-bond acceptors (Lipinski definition) is 2. The van der Waals surface area contributed by atoms with E-state index in [1.807, 2.05) is 0 Å². The quantitative estimate of drug-likeness (QED) is 0.873. The number of ether oxygens (including phenoxy) is 1. The highest BCUT2D eigenvalue weighted by atomic mass is 19.1. The molecule has 0 aromatic heterocycles. The van der Waals surface area contributed by atoms with Crippen LogP contribution in [0.25, 0.3) is 0 Å². The van der Waals surface area contributed by atoms with Crippen LogP contribution in [0.3, 0.4) is 0 Å². The Morgan fingerprint density at radius 3 is 3.00 bits per heavy atom. The van der Waals surface area contributed by atoms with E-state index in [-0.39, 0.29) is 11.7 Å². The van der Waals surface area contributed by atoms with Crippen molar-refractivity contribution in [3.8, 4) is 0 Å². The molecule has 92 valence electrons. The van der Waals surface area contributed by atoms with E-state index in [9.17, 15) is 14.3 Å². The molecular formula is C13H15FO3. The second-order valence-electron chi connectivity index (χ2n) is 4.40. The lowest BCUT2D eigenvalue weighted by atomic mass is 9.86. The summed E-state index contributed by atoms with van der Waals surface area (Å²) in [6, 6.07) is 6.12. The SMILES string of the molecule is O=C(O)C(Cc1cccc(F)c1)C1CCOC1. The summed E-state index contributed by atoms with van der Waals surface area (Å²) in [5.41, 5.74) is 0.726. The Balaban J connectivity index is 2.09. The lowest BCUT2D eigenvalue weighted by Crippen LogP contribution is -2.26. The molecule has 0 saturated carbocycles. The van der Waals surface area contributed by atoms with Gasteiger partial charge >= 0.3 is 5.97 Å². The standard InChI is InChI=1S/C13H15FO3/c14-11-3-1-2-9(6-11)7-12(13(15)16)10-4-5-17-8-10/h1-3,6,10,12H,4-5,7-8H2,(H,15,16). The molecule has 1 aromatic carbocycles. The van der Waals surface area contributed by atoms with E-state index in [1.54, 1.807) is 12.1 Å². The predicted molar refractivity (Wildman–Crippen MR) is 60.2 cm³/mol. The molecule has 2 rings (SSSR count). The average molecular weight is 238 g/mol. The van der Waals surface area contributed by atoms with Crippen molar-refractivity contribution in [1.82, 2.24) is 0 Å². The summed E-state index contributed by atoms with van der Waals surface area (Å²) in [5.74, 6) is -1.60. The number of hydrogen-bond donors (Lipinski definition) is 1. The summed E-state index contributed by atoms with van der Waals surface area (Å²) >= 11 is 0. The lowest BCUT2D eigenvalue weighted by molar-refractivity contribution is -0.143. The van der Waals surface area contributed by atoms with Gasteiger partial charge in [0.05, 0.1) is 12.5 Å². The predicted octanol–water partition coefficient (Wildman–Crippen LogP) is 2.11. The fourth-order valence-corrected chi connectivity index (χ4v) is 2.24. The van der Waals surface area contributed by atoms with Gasteiger partial charge in [-0.1, -0.05) is 12.1 Å². The van der Waals surface area contributed by atoms with Gasteiger partial charge in [0.2, 0.25) is 0 Å². The average Bonchev–Trinajstić information content (AvgIpc) is 2.78. The zero-order valence-electron chi connectivity index (χ0n) is 9.43. The van der Waals surface area contributed by atoms with Gasteiger partial charge in [0.15, 0.2) is 0 Å². The van der Waals surface area contributed by atoms with Crippen LogP contribution >= 0.6 is 0 Å². The van der Waals surface area contributed by atoms with E-state index >= 15 is 0 Å². The maximum Gasteiger partial charge on any atom is 0.307 e. The van der Waals surface area contributed by atoms with Crippen molar-refractivity contribution in [3.05, 3.63) is 35.6 Å². The minimum absolute atomic E-state index is 0.0377. The summed E-state index contributed by atoms with van der Waals surface area (Å²) in [7, 11) is 0. The first-order chi connectivity index (χ1) is 8.16. The molecule has 1 aliphatic rings. The van der Waals surface area contributed by atoms with Gasteiger partial charge in [0.1, 0.15) is 5.82 Å². The maximum absolute atomic E-state index is 13.0. The molecule has 17 heavy (non-hydrogen) atoms. The number of carboxylic acid groups (broad SMARTS) is 1. The van der Waals surface area contributed by atoms with Crippen LogP contribution in [0.15, 0.2) is 24.3 Å². The van der Waals surface area contributed by atoms with Crippen molar-refractivity contribution in [3.63, 3.8) is 0 Å². The molecule has 1 N–H and O–H groups in total. The van der Waals surface area contributed by atoms with E-state index < -0.39 is 11.9 Å². The van der Waals surface area contributed by atoms with Gasteiger partial charge in [0, 0.05) is 6.61 Å². The van der Waals surface area contributed by atoms with Crippen LogP contribution in [0.4, 0.5) is 4.39 Å². The van der Waals surface area contributed by atoms with Crippen LogP contribution in [-0.4, -0.2) is 24.3 Å². The highest BCUT2D eigenvalue weighted by molar-refractivity contribution is 5.70. The zero-order chi connectivity index (χ0) is 12.3. The molecule has 0 radical (unpaired) electrons. The normalized spacial score (nSPS) is 21.4. The Morgan fingerprint density at radius 1 is 1.59 bits per heavy atom. The third-order valence-electron chi connectivity index (χ3n) is 3.20. The van der Waals surface area contributed by atoms with Gasteiger partial charge in [-0.3, -0.25) is 4.79 Å². The number of halogens is 1. The second kappa shape index (κ2) is 5.27. The molecule has 1 saturated heterocycles. The number of carbonyl (C=O) groups is 1. The fourth-order valence-electron chi connectivity index (χ4n) is 2.24. The van der Waals surface area contributed by atoms with Crippen molar-refractivity contribution < 1.29 is 19.0 Å². The molecule has 2 unspecified atom stereocenters. The monoisotopic (exact) mass is 238 g/mol. The van der Waals surface area contributed by atoms with E-state index in [1.165, 1.54) is 12.1 Å². The van der Waals surface area contributed by atoms with Gasteiger partial charge in [-0.2, -0.15) is 0 Å². The first kappa shape index (κ1) is 12.0. The van der Waals surface area contributed by atoms with E-state index in [4.69, 9.17) is 4.74 Å². The molecule has 1 aromatic rings. The number of benzene rings is 1. The molecular weight excluding hydrogens is 223 g/mol. The minimum atomic E-state index is -0.829. The highest BCUT2D eigenvalue weighted by Gasteiger charge is 2.31. The maximum atomic E-state index is 13.0. The molecule has 3 nitrogen and oxygen atoms in total. The Labute approximate surface area is 99.2 Å². The van der Waals surface area contributed by atoms with Crippen LogP contribution < -0.4 is 0 Å². The molecule has 1 fully saturated rings. The summed E-state index contributed by atoms with van der Waals surface area (Å²) in [4.78, 5) is 11.2. The van der Waals surface area contributed by atoms with E-state index in [2.05, 4.69) is 0 Å². The Hall–Kier alpha value is -1.42. The zero-order valence-corrected chi connectivity index (χ0v) is 9.43. The molecule has 0 spiro atoms. The van der Waals surface area contributed by atoms with Crippen molar-refractivity contribution >= 4 is 5.97 Å². The largest absolute Gasteiger partial charge is 0.481 e. The molecule has 4 heteroatoms. The van der Waals surface area contributed by atoms with Crippen molar-refractivity contribution in [2.24, 2.45) is 11.8 Å². The molecule has 1 heterocycles. The summed E-state index contributed by atoms with van der Waals surface area (Å²) in [6.45, 7) is 1.11. The van der Waals surface area contributed by atoms with Crippen LogP contribution in [0.5, 0.6) is 0 Å². The number of carboxylic acids is 1. The van der Waals surface area contributed by atoms with Crippen LogP contribution in [-0.2, 0) is 16.0 Å². The van der Waals surface area contributed by atoms with E-state index in [0.29, 0.717) is 19.6 Å². The van der Waals surface area contributed by atoms with Crippen molar-refractivity contribution in [1.29, 1.82) is 0 Å². The third kappa shape index (κ3) is 3.03. The molecule has 0 bridgehead atoms. The number of rotatable bonds is 4. The van der Waals surface area contributed by atoms with E-state index in [0.717, 1.165) is 12.0 Å². The topological polar surface area (TPSA) is 46.5 Å². The Kier molecular flexibility index (Phi) is 3.74. The smallest absolute Gasteiger partial charge is 0.307 e. The fraction of sp³-hybridized carbons (Fsp3) is 0.462. The van der Waals surface area contributed by atoms with Gasteiger partial charge < -0.3 is 9.84 Å². The van der Waals surface area contributed by atoms with Gasteiger partial charge in [-0.05, 0) is 36.5 Å². The van der Waals surface area contributed by atoms with Crippen LogP contribution in [0.2, 0.25) is 0 Å². The minimum Gasteiger partial charge on any atom is -0.481 e. The first-order valence-electron chi connectivity index (χ1n) is 5.72. The second-order valence-corrected chi connectivity index (χ2v) is 4.40. The van der Waals surface area contributed by atoms with Crippen LogP contribution in [0, 0.1) is 17.7 Å². The lowest BCUT2D eigenvalue weighted by Gasteiger charge is -2.17. The molecule has 1 aliphatic heterocycles. The Bertz CT molecular complexity index is 399. The van der Waals surface area contributed by atoms with Crippen LogP contribution in [0.1, 0.15) is 12.0 Å². The third-order valence-corrected chi connectivity index (χ3v) is 3.20. The summed E-state index contributed by atoms with van der Waals surface area (Å²) in [5, 5.41) is 9.21. The summed E-state index contributed by atoms with van der Waals surface area (Å²) < 4.78 is 18.2. The van der Waals surface area contributed by atoms with Gasteiger partial charge in [-0.25, -0.2) is 4.39 Å². The van der Waals surface area contributed by atoms with Crippen molar-refractivity contribution in [2.45, 2.75) is 12.8 Å². The van der Waals surface area contributed by atoms with Gasteiger partial charge in [-0.15, -0.1) is 0 Å². The highest BCUT2D eigenvalue weighted by Crippen LogP contribution is 2.25. The molecule has 2 atom stereocenters. The molecule has 0 amide bonds. The Morgan fingerprint density at radius 2 is 2.41 bits per heavy atom. The summed E-state index contributed by atoms with van der Waals surface area (Å²) in [6.07, 6.45) is 1.13. The molecule has 0 aliphatic carbocycles.